The normalized spacial score (nSPS) is 11.2. The monoisotopic (exact) mass is 278 g/mol. The summed E-state index contributed by atoms with van der Waals surface area (Å²) >= 11 is 0. The van der Waals surface area contributed by atoms with Crippen LogP contribution in [-0.4, -0.2) is 30.6 Å². The number of ether oxygens (including phenoxy) is 1. The molecule has 0 aliphatic carbocycles. The predicted molar refractivity (Wildman–Crippen MR) is 82.1 cm³/mol. The topological polar surface area (TPSA) is 42.4 Å². The van der Waals surface area contributed by atoms with Crippen LogP contribution in [0.15, 0.2) is 18.3 Å². The first-order chi connectivity index (χ1) is 9.38. The molecule has 0 N–H and O–H groups in total. The van der Waals surface area contributed by atoms with Gasteiger partial charge in [0.1, 0.15) is 12.4 Å². The summed E-state index contributed by atoms with van der Waals surface area (Å²) in [5.41, 5.74) is 1.27. The highest BCUT2D eigenvalue weighted by atomic mass is 16.5. The van der Waals surface area contributed by atoms with Gasteiger partial charge in [0.05, 0.1) is 6.61 Å². The van der Waals surface area contributed by atoms with E-state index < -0.39 is 0 Å². The van der Waals surface area contributed by atoms with Crippen LogP contribution in [0.5, 0.6) is 0 Å². The number of hydrogen-bond acceptors (Lipinski definition) is 4. The lowest BCUT2D eigenvalue weighted by molar-refractivity contribution is -0.141. The first kappa shape index (κ1) is 16.5. The first-order valence-electron chi connectivity index (χ1n) is 7.25. The van der Waals surface area contributed by atoms with Crippen LogP contribution in [0.2, 0.25) is 0 Å². The minimum atomic E-state index is -0.206. The highest BCUT2D eigenvalue weighted by molar-refractivity contribution is 5.75. The van der Waals surface area contributed by atoms with Crippen molar-refractivity contribution >= 4 is 11.8 Å². The molecule has 1 aromatic heterocycles. The van der Waals surface area contributed by atoms with E-state index in [1.54, 1.807) is 0 Å². The van der Waals surface area contributed by atoms with Gasteiger partial charge in [-0.15, -0.1) is 0 Å². The van der Waals surface area contributed by atoms with Crippen molar-refractivity contribution in [2.24, 2.45) is 0 Å². The van der Waals surface area contributed by atoms with Crippen molar-refractivity contribution in [2.75, 3.05) is 24.6 Å². The van der Waals surface area contributed by atoms with Crippen molar-refractivity contribution in [3.63, 3.8) is 0 Å². The van der Waals surface area contributed by atoms with Gasteiger partial charge in [-0.3, -0.25) is 4.79 Å². The molecule has 112 valence electrons. The molecule has 1 rings (SSSR count). The highest BCUT2D eigenvalue weighted by Gasteiger charge is 2.16. The zero-order chi connectivity index (χ0) is 15.2. The van der Waals surface area contributed by atoms with E-state index in [-0.39, 0.29) is 17.9 Å². The lowest BCUT2D eigenvalue weighted by Gasteiger charge is -2.24. The zero-order valence-corrected chi connectivity index (χ0v) is 13.3. The summed E-state index contributed by atoms with van der Waals surface area (Å²) in [5.74, 6) is 0.621. The summed E-state index contributed by atoms with van der Waals surface area (Å²) in [5, 5.41) is 0. The Balaban J connectivity index is 2.84. The number of nitrogens with zero attached hydrogens (tertiary/aromatic N) is 2. The van der Waals surface area contributed by atoms with E-state index in [0.717, 1.165) is 18.8 Å². The SMILES string of the molecule is CCCN(CC(=O)OCC)c1ccc(C(C)(C)C)cn1. The standard InChI is InChI=1S/C16H26N2O2/c1-6-10-18(12-15(19)20-7-2)14-9-8-13(11-17-14)16(3,4)5/h8-9,11H,6-7,10,12H2,1-5H3. The Morgan fingerprint density at radius 1 is 1.30 bits per heavy atom. The Kier molecular flexibility index (Phi) is 5.99. The van der Waals surface area contributed by atoms with Crippen LogP contribution < -0.4 is 4.90 Å². The van der Waals surface area contributed by atoms with Crippen molar-refractivity contribution in [3.05, 3.63) is 23.9 Å². The second kappa shape index (κ2) is 7.27. The van der Waals surface area contributed by atoms with Crippen LogP contribution in [0.1, 0.15) is 46.6 Å². The minimum absolute atomic E-state index is 0.0856. The lowest BCUT2D eigenvalue weighted by atomic mass is 9.88. The van der Waals surface area contributed by atoms with Crippen LogP contribution >= 0.6 is 0 Å². The Morgan fingerprint density at radius 3 is 2.45 bits per heavy atom. The molecule has 0 saturated carbocycles. The van der Waals surface area contributed by atoms with Crippen molar-refractivity contribution in [1.82, 2.24) is 4.98 Å². The van der Waals surface area contributed by atoms with Gasteiger partial charge in [-0.25, -0.2) is 4.98 Å². The first-order valence-corrected chi connectivity index (χ1v) is 7.25. The fraction of sp³-hybridized carbons (Fsp3) is 0.625. The van der Waals surface area contributed by atoms with Gasteiger partial charge in [-0.1, -0.05) is 33.8 Å². The van der Waals surface area contributed by atoms with Gasteiger partial charge >= 0.3 is 5.97 Å². The molecular weight excluding hydrogens is 252 g/mol. The van der Waals surface area contributed by atoms with Crippen LogP contribution in [0.4, 0.5) is 5.82 Å². The summed E-state index contributed by atoms with van der Waals surface area (Å²) in [6.45, 7) is 11.8. The summed E-state index contributed by atoms with van der Waals surface area (Å²) in [4.78, 5) is 18.1. The van der Waals surface area contributed by atoms with E-state index in [1.165, 1.54) is 5.56 Å². The van der Waals surface area contributed by atoms with E-state index in [4.69, 9.17) is 4.74 Å². The molecule has 0 spiro atoms. The van der Waals surface area contributed by atoms with Gasteiger partial charge in [0.15, 0.2) is 0 Å². The fourth-order valence-corrected chi connectivity index (χ4v) is 1.92. The molecule has 4 heteroatoms. The van der Waals surface area contributed by atoms with Gasteiger partial charge in [-0.2, -0.15) is 0 Å². The molecule has 0 unspecified atom stereocenters. The average molecular weight is 278 g/mol. The maximum absolute atomic E-state index is 11.6. The summed E-state index contributed by atoms with van der Waals surface area (Å²) < 4.78 is 5.01. The Labute approximate surface area is 122 Å². The second-order valence-corrected chi connectivity index (χ2v) is 5.88. The number of aromatic nitrogens is 1. The van der Waals surface area contributed by atoms with Gasteiger partial charge in [0, 0.05) is 12.7 Å². The molecule has 4 nitrogen and oxygen atoms in total. The van der Waals surface area contributed by atoms with Crippen molar-refractivity contribution < 1.29 is 9.53 Å². The largest absolute Gasteiger partial charge is 0.465 e. The van der Waals surface area contributed by atoms with E-state index in [9.17, 15) is 4.79 Å². The summed E-state index contributed by atoms with van der Waals surface area (Å²) in [6.07, 6.45) is 2.85. The lowest BCUT2D eigenvalue weighted by Crippen LogP contribution is -2.32. The molecule has 0 amide bonds. The van der Waals surface area contributed by atoms with Crippen LogP contribution in [0.3, 0.4) is 0 Å². The maximum atomic E-state index is 11.6. The molecule has 0 radical (unpaired) electrons. The van der Waals surface area contributed by atoms with Crippen LogP contribution in [-0.2, 0) is 14.9 Å². The molecule has 1 heterocycles. The number of carbonyl (C=O) groups is 1. The third kappa shape index (κ3) is 4.83. The smallest absolute Gasteiger partial charge is 0.325 e. The van der Waals surface area contributed by atoms with Crippen LogP contribution in [0, 0.1) is 0 Å². The number of hydrogen-bond donors (Lipinski definition) is 0. The van der Waals surface area contributed by atoms with Gasteiger partial charge in [0.2, 0.25) is 0 Å². The van der Waals surface area contributed by atoms with Crippen molar-refractivity contribution in [3.8, 4) is 0 Å². The number of pyridine rings is 1. The molecule has 0 saturated heterocycles. The Bertz CT molecular complexity index is 421. The average Bonchev–Trinajstić information content (AvgIpc) is 2.38. The molecule has 1 aromatic rings. The van der Waals surface area contributed by atoms with Crippen molar-refractivity contribution in [2.45, 2.75) is 46.5 Å². The Morgan fingerprint density at radius 2 is 2.00 bits per heavy atom. The summed E-state index contributed by atoms with van der Waals surface area (Å²) in [7, 11) is 0. The minimum Gasteiger partial charge on any atom is -0.465 e. The number of esters is 1. The molecule has 0 fully saturated rings. The molecule has 0 aliphatic rings. The van der Waals surface area contributed by atoms with E-state index >= 15 is 0 Å². The second-order valence-electron chi connectivity index (χ2n) is 5.88. The Hall–Kier alpha value is -1.58. The van der Waals surface area contributed by atoms with Gasteiger partial charge in [-0.05, 0) is 30.4 Å². The quantitative estimate of drug-likeness (QED) is 0.750. The van der Waals surface area contributed by atoms with Gasteiger partial charge in [0.25, 0.3) is 0 Å². The maximum Gasteiger partial charge on any atom is 0.325 e. The third-order valence-corrected chi connectivity index (χ3v) is 3.06. The summed E-state index contributed by atoms with van der Waals surface area (Å²) in [6, 6.07) is 4.06. The predicted octanol–water partition coefficient (Wildman–Crippen LogP) is 3.16. The highest BCUT2D eigenvalue weighted by Crippen LogP contribution is 2.23. The van der Waals surface area contributed by atoms with E-state index in [0.29, 0.717) is 6.61 Å². The molecule has 0 bridgehead atoms. The third-order valence-electron chi connectivity index (χ3n) is 3.06. The number of rotatable bonds is 6. The number of anilines is 1. The molecular formula is C16H26N2O2. The van der Waals surface area contributed by atoms with Crippen LogP contribution in [0.25, 0.3) is 0 Å². The van der Waals surface area contributed by atoms with Crippen molar-refractivity contribution in [1.29, 1.82) is 0 Å². The zero-order valence-electron chi connectivity index (χ0n) is 13.3. The number of carbonyl (C=O) groups excluding carboxylic acids is 1. The van der Waals surface area contributed by atoms with Gasteiger partial charge < -0.3 is 9.64 Å². The molecule has 0 aliphatic heterocycles. The van der Waals surface area contributed by atoms with E-state index in [2.05, 4.69) is 38.7 Å². The molecule has 20 heavy (non-hydrogen) atoms. The fourth-order valence-electron chi connectivity index (χ4n) is 1.92. The molecule has 0 aromatic carbocycles. The molecule has 0 atom stereocenters. The van der Waals surface area contributed by atoms with E-state index in [1.807, 2.05) is 24.1 Å².